The van der Waals surface area contributed by atoms with E-state index in [1.807, 2.05) is 13.8 Å². The predicted octanol–water partition coefficient (Wildman–Crippen LogP) is 1.25. The first-order valence-corrected chi connectivity index (χ1v) is 5.81. The zero-order valence-corrected chi connectivity index (χ0v) is 9.62. The fourth-order valence-electron chi connectivity index (χ4n) is 2.09. The quantitative estimate of drug-likeness (QED) is 0.662. The zero-order valence-electron chi connectivity index (χ0n) is 9.62. The number of aliphatic hydroxyl groups excluding tert-OH is 1. The first-order chi connectivity index (χ1) is 7.13. The summed E-state index contributed by atoms with van der Waals surface area (Å²) in [5.74, 6) is 0.233. The van der Waals surface area contributed by atoms with Gasteiger partial charge in [-0.2, -0.15) is 0 Å². The molecule has 0 aliphatic heterocycles. The number of urea groups is 1. The zero-order chi connectivity index (χ0) is 11.3. The maximum Gasteiger partial charge on any atom is 0.315 e. The second-order valence-corrected chi connectivity index (χ2v) is 4.61. The van der Waals surface area contributed by atoms with Crippen molar-refractivity contribution < 1.29 is 9.90 Å². The highest BCUT2D eigenvalue weighted by molar-refractivity contribution is 5.74. The van der Waals surface area contributed by atoms with Crippen LogP contribution in [-0.4, -0.2) is 29.8 Å². The van der Waals surface area contributed by atoms with Crippen molar-refractivity contribution in [2.45, 2.75) is 51.6 Å². The second kappa shape index (κ2) is 5.95. The van der Waals surface area contributed by atoms with Gasteiger partial charge in [0.1, 0.15) is 0 Å². The molecule has 0 radical (unpaired) electrons. The average molecular weight is 214 g/mol. The minimum atomic E-state index is -0.115. The minimum Gasteiger partial charge on any atom is -0.396 e. The van der Waals surface area contributed by atoms with E-state index < -0.39 is 0 Å². The van der Waals surface area contributed by atoms with Crippen LogP contribution >= 0.6 is 0 Å². The topological polar surface area (TPSA) is 61.4 Å². The molecule has 0 bridgehead atoms. The molecule has 0 spiro atoms. The van der Waals surface area contributed by atoms with E-state index in [1.165, 1.54) is 0 Å². The fourth-order valence-corrected chi connectivity index (χ4v) is 2.09. The maximum atomic E-state index is 11.5. The molecule has 1 rings (SSSR count). The molecule has 88 valence electrons. The van der Waals surface area contributed by atoms with Crippen molar-refractivity contribution in [2.24, 2.45) is 5.92 Å². The van der Waals surface area contributed by atoms with E-state index in [0.717, 1.165) is 25.7 Å². The summed E-state index contributed by atoms with van der Waals surface area (Å²) in [6.45, 7) is 4.04. The number of carbonyl (C=O) groups excluding carboxylic acids is 1. The van der Waals surface area contributed by atoms with Gasteiger partial charge in [0.2, 0.25) is 0 Å². The molecule has 0 heterocycles. The Balaban J connectivity index is 2.37. The van der Waals surface area contributed by atoms with E-state index in [4.69, 9.17) is 0 Å². The highest BCUT2D eigenvalue weighted by atomic mass is 16.3. The van der Waals surface area contributed by atoms with Crippen LogP contribution in [0.4, 0.5) is 4.79 Å². The van der Waals surface area contributed by atoms with Gasteiger partial charge in [-0.05, 0) is 26.7 Å². The lowest BCUT2D eigenvalue weighted by atomic mass is 9.85. The Morgan fingerprint density at radius 1 is 1.40 bits per heavy atom. The Labute approximate surface area is 91.4 Å². The molecule has 2 unspecified atom stereocenters. The van der Waals surface area contributed by atoms with E-state index in [1.54, 1.807) is 0 Å². The maximum absolute atomic E-state index is 11.5. The number of hydrogen-bond acceptors (Lipinski definition) is 2. The van der Waals surface area contributed by atoms with E-state index in [2.05, 4.69) is 10.6 Å². The van der Waals surface area contributed by atoms with Crippen LogP contribution in [0.15, 0.2) is 0 Å². The molecule has 3 N–H and O–H groups in total. The molecule has 1 saturated carbocycles. The van der Waals surface area contributed by atoms with Crippen molar-refractivity contribution in [3.05, 3.63) is 0 Å². The van der Waals surface area contributed by atoms with Crippen LogP contribution in [0, 0.1) is 5.92 Å². The van der Waals surface area contributed by atoms with Gasteiger partial charge < -0.3 is 15.7 Å². The molecule has 0 aromatic rings. The third-order valence-electron chi connectivity index (χ3n) is 2.88. The van der Waals surface area contributed by atoms with Crippen LogP contribution in [0.3, 0.4) is 0 Å². The lowest BCUT2D eigenvalue weighted by Gasteiger charge is -2.31. The van der Waals surface area contributed by atoms with Gasteiger partial charge in [-0.3, -0.25) is 0 Å². The smallest absolute Gasteiger partial charge is 0.315 e. The van der Waals surface area contributed by atoms with Gasteiger partial charge in [0.05, 0.1) is 0 Å². The summed E-state index contributed by atoms with van der Waals surface area (Å²) in [5.41, 5.74) is 0. The van der Waals surface area contributed by atoms with Crippen LogP contribution in [0.1, 0.15) is 39.5 Å². The van der Waals surface area contributed by atoms with E-state index in [9.17, 15) is 9.90 Å². The Bertz CT molecular complexity index is 207. The van der Waals surface area contributed by atoms with Crippen LogP contribution in [-0.2, 0) is 0 Å². The van der Waals surface area contributed by atoms with Crippen LogP contribution in [0.2, 0.25) is 0 Å². The summed E-state index contributed by atoms with van der Waals surface area (Å²) in [5, 5.41) is 14.9. The number of aliphatic hydroxyl groups is 1. The van der Waals surface area contributed by atoms with Crippen molar-refractivity contribution in [3.8, 4) is 0 Å². The first kappa shape index (κ1) is 12.3. The molecule has 0 saturated heterocycles. The number of nitrogens with one attached hydrogen (secondary N) is 2. The van der Waals surface area contributed by atoms with Crippen LogP contribution in [0.5, 0.6) is 0 Å². The summed E-state index contributed by atoms with van der Waals surface area (Å²) in [6, 6.07) is 0.180. The van der Waals surface area contributed by atoms with E-state index >= 15 is 0 Å². The summed E-state index contributed by atoms with van der Waals surface area (Å²) in [4.78, 5) is 11.5. The van der Waals surface area contributed by atoms with Gasteiger partial charge in [-0.15, -0.1) is 0 Å². The molecule has 15 heavy (non-hydrogen) atoms. The minimum absolute atomic E-state index is 0.115. The Kier molecular flexibility index (Phi) is 4.88. The molecule has 1 aliphatic carbocycles. The fraction of sp³-hybridized carbons (Fsp3) is 0.909. The molecule has 1 aliphatic rings. The Morgan fingerprint density at radius 2 is 2.07 bits per heavy atom. The first-order valence-electron chi connectivity index (χ1n) is 5.81. The average Bonchev–Trinajstić information content (AvgIpc) is 2.17. The summed E-state index contributed by atoms with van der Waals surface area (Å²) in [7, 11) is 0. The van der Waals surface area contributed by atoms with E-state index in [-0.39, 0.29) is 30.6 Å². The number of amides is 2. The van der Waals surface area contributed by atoms with Crippen molar-refractivity contribution in [3.63, 3.8) is 0 Å². The monoisotopic (exact) mass is 214 g/mol. The molecule has 0 aromatic heterocycles. The highest BCUT2D eigenvalue weighted by Gasteiger charge is 2.25. The lowest BCUT2D eigenvalue weighted by Crippen LogP contribution is -2.49. The largest absolute Gasteiger partial charge is 0.396 e. The molecule has 0 aromatic carbocycles. The number of carbonyl (C=O) groups is 1. The van der Waals surface area contributed by atoms with Gasteiger partial charge in [-0.1, -0.05) is 12.8 Å². The van der Waals surface area contributed by atoms with Crippen molar-refractivity contribution in [2.75, 3.05) is 6.61 Å². The lowest BCUT2D eigenvalue weighted by molar-refractivity contribution is 0.153. The molecule has 2 atom stereocenters. The Morgan fingerprint density at radius 3 is 2.67 bits per heavy atom. The standard InChI is InChI=1S/C11H22N2O2/c1-8(2)12-11(15)13-10-6-4-3-5-9(10)7-14/h8-10,14H,3-7H2,1-2H3,(H2,12,13,15). The second-order valence-electron chi connectivity index (χ2n) is 4.61. The SMILES string of the molecule is CC(C)NC(=O)NC1CCCCC1CO. The molecular formula is C11H22N2O2. The summed E-state index contributed by atoms with van der Waals surface area (Å²) < 4.78 is 0. The molecular weight excluding hydrogens is 192 g/mol. The number of rotatable bonds is 3. The van der Waals surface area contributed by atoms with Crippen LogP contribution < -0.4 is 10.6 Å². The van der Waals surface area contributed by atoms with Gasteiger partial charge in [-0.25, -0.2) is 4.79 Å². The highest BCUT2D eigenvalue weighted by Crippen LogP contribution is 2.23. The normalized spacial score (nSPS) is 26.4. The molecule has 2 amide bonds. The van der Waals surface area contributed by atoms with Crippen molar-refractivity contribution in [1.29, 1.82) is 0 Å². The van der Waals surface area contributed by atoms with Crippen LogP contribution in [0.25, 0.3) is 0 Å². The van der Waals surface area contributed by atoms with Gasteiger partial charge >= 0.3 is 6.03 Å². The van der Waals surface area contributed by atoms with Gasteiger partial charge in [0.15, 0.2) is 0 Å². The summed E-state index contributed by atoms with van der Waals surface area (Å²) >= 11 is 0. The van der Waals surface area contributed by atoms with Crippen molar-refractivity contribution in [1.82, 2.24) is 10.6 Å². The third kappa shape index (κ3) is 4.08. The van der Waals surface area contributed by atoms with Crippen molar-refractivity contribution >= 4 is 6.03 Å². The molecule has 4 heteroatoms. The molecule has 4 nitrogen and oxygen atoms in total. The predicted molar refractivity (Wildman–Crippen MR) is 59.6 cm³/mol. The Hall–Kier alpha value is -0.770. The third-order valence-corrected chi connectivity index (χ3v) is 2.88. The molecule has 1 fully saturated rings. The van der Waals surface area contributed by atoms with Gasteiger partial charge in [0, 0.05) is 24.6 Å². The van der Waals surface area contributed by atoms with E-state index in [0.29, 0.717) is 0 Å². The van der Waals surface area contributed by atoms with Gasteiger partial charge in [0.25, 0.3) is 0 Å². The summed E-state index contributed by atoms with van der Waals surface area (Å²) in [6.07, 6.45) is 4.30. The number of hydrogen-bond donors (Lipinski definition) is 3.